The number of esters is 2. The molecule has 0 saturated heterocycles. The first-order valence-electron chi connectivity index (χ1n) is 23.5. The van der Waals surface area contributed by atoms with E-state index in [2.05, 4.69) is 64.2 Å². The Balaban J connectivity index is 2.43. The largest absolute Gasteiger partial charge is 0.756 e. The van der Waals surface area contributed by atoms with Crippen LogP contribution in [0.1, 0.15) is 158 Å². The van der Waals surface area contributed by atoms with Crippen molar-refractivity contribution in [2.45, 2.75) is 175 Å². The fourth-order valence-electron chi connectivity index (χ4n) is 6.39. The summed E-state index contributed by atoms with van der Waals surface area (Å²) in [6, 6.07) is 0. The third-order valence-electron chi connectivity index (χ3n) is 10.4. The van der Waals surface area contributed by atoms with Gasteiger partial charge in [-0.3, -0.25) is 14.2 Å². The summed E-state index contributed by atoms with van der Waals surface area (Å²) >= 11 is 0. The summed E-state index contributed by atoms with van der Waals surface area (Å²) in [6.07, 6.45) is 36.8. The minimum absolute atomic E-state index is 0.0357. The zero-order chi connectivity index (χ0) is 45.9. The molecular weight excluding hydrogens is 806 g/mol. The second-order valence-electron chi connectivity index (χ2n) is 17.2. The molecule has 0 spiro atoms. The molecule has 11 nitrogen and oxygen atoms in total. The van der Waals surface area contributed by atoms with Crippen molar-refractivity contribution in [2.75, 3.05) is 47.5 Å². The van der Waals surface area contributed by atoms with Gasteiger partial charge in [-0.25, -0.2) is 0 Å². The van der Waals surface area contributed by atoms with Gasteiger partial charge < -0.3 is 37.4 Å². The Kier molecular flexibility index (Phi) is 32.5. The van der Waals surface area contributed by atoms with Gasteiger partial charge in [0.2, 0.25) is 0 Å². The molecule has 1 aromatic rings. The molecule has 1 aromatic heterocycles. The number of aliphatic hydroxyl groups is 1. The normalized spacial score (nSPS) is 14.5. The summed E-state index contributed by atoms with van der Waals surface area (Å²) in [7, 11) is 1.03. The van der Waals surface area contributed by atoms with E-state index in [1.54, 1.807) is 12.2 Å². The highest BCUT2D eigenvalue weighted by molar-refractivity contribution is 7.45. The Hall–Kier alpha value is -3.05. The van der Waals surface area contributed by atoms with Crippen molar-refractivity contribution in [2.24, 2.45) is 0 Å². The lowest BCUT2D eigenvalue weighted by molar-refractivity contribution is -0.870. The summed E-state index contributed by atoms with van der Waals surface area (Å²) in [4.78, 5) is 37.8. The second-order valence-corrected chi connectivity index (χ2v) is 18.6. The lowest BCUT2D eigenvalue weighted by Crippen LogP contribution is -2.37. The minimum Gasteiger partial charge on any atom is -0.756 e. The quantitative estimate of drug-likeness (QED) is 0.0170. The van der Waals surface area contributed by atoms with Gasteiger partial charge in [-0.05, 0) is 82.8 Å². The average Bonchev–Trinajstić information content (AvgIpc) is 3.48. The molecule has 0 saturated carbocycles. The molecule has 0 aliphatic carbocycles. The molecule has 0 fully saturated rings. The van der Waals surface area contributed by atoms with E-state index in [1.807, 2.05) is 33.3 Å². The van der Waals surface area contributed by atoms with Crippen molar-refractivity contribution < 1.29 is 51.6 Å². The van der Waals surface area contributed by atoms with Crippen LogP contribution >= 0.6 is 7.82 Å². The lowest BCUT2D eigenvalue weighted by atomic mass is 10.0. The number of furan rings is 1. The number of aryl methyl sites for hydroxylation is 2. The molecular formula is C50H84NO10P. The van der Waals surface area contributed by atoms with Gasteiger partial charge in [-0.15, -0.1) is 0 Å². The molecule has 0 bridgehead atoms. The third-order valence-corrected chi connectivity index (χ3v) is 11.3. The molecule has 0 aliphatic rings. The minimum atomic E-state index is -4.69. The Morgan fingerprint density at radius 2 is 1.26 bits per heavy atom. The predicted octanol–water partition coefficient (Wildman–Crippen LogP) is 11.2. The van der Waals surface area contributed by atoms with Crippen LogP contribution in [0.25, 0.3) is 0 Å². The summed E-state index contributed by atoms with van der Waals surface area (Å²) in [6.45, 7) is 8.16. The number of phosphoric ester groups is 1. The smallest absolute Gasteiger partial charge is 0.306 e. The average molecular weight is 890 g/mol. The number of unbranched alkanes of at least 4 members (excludes halogenated alkanes) is 9. The first kappa shape index (κ1) is 57.0. The van der Waals surface area contributed by atoms with E-state index in [4.69, 9.17) is 22.9 Å². The van der Waals surface area contributed by atoms with E-state index in [9.17, 15) is 24.2 Å². The van der Waals surface area contributed by atoms with E-state index in [-0.39, 0.29) is 26.1 Å². The van der Waals surface area contributed by atoms with Gasteiger partial charge >= 0.3 is 11.9 Å². The lowest BCUT2D eigenvalue weighted by Gasteiger charge is -2.28. The molecule has 12 heteroatoms. The molecule has 1 heterocycles. The van der Waals surface area contributed by atoms with Crippen molar-refractivity contribution in [1.82, 2.24) is 0 Å². The number of quaternary nitrogens is 1. The fraction of sp³-hybridized carbons (Fsp3) is 0.680. The molecule has 354 valence electrons. The maximum atomic E-state index is 12.8. The van der Waals surface area contributed by atoms with Crippen LogP contribution < -0.4 is 4.89 Å². The molecule has 1 N–H and O–H groups in total. The number of likely N-dealkylation sites (N-methyl/N-ethyl adjacent to an activating group) is 1. The Morgan fingerprint density at radius 1 is 0.710 bits per heavy atom. The SMILES string of the molecule is CC/C=C\C/C=C\C/C=C\C/C=C\C=C\C(O)CCCC(=O)OC[C@H](COP(=O)([O-])OCC[N+](C)(C)C)OC(=O)CCCCCCCCCCc1oc(CCCCC)c(C)c1C. The Morgan fingerprint density at radius 3 is 1.85 bits per heavy atom. The van der Waals surface area contributed by atoms with E-state index in [1.165, 1.54) is 30.4 Å². The van der Waals surface area contributed by atoms with Crippen LogP contribution in [0.2, 0.25) is 0 Å². The monoisotopic (exact) mass is 890 g/mol. The summed E-state index contributed by atoms with van der Waals surface area (Å²) in [5.74, 6) is 1.24. The van der Waals surface area contributed by atoms with Crippen molar-refractivity contribution in [3.8, 4) is 0 Å². The maximum absolute atomic E-state index is 12.8. The first-order chi connectivity index (χ1) is 29.7. The van der Waals surface area contributed by atoms with E-state index < -0.39 is 38.6 Å². The predicted molar refractivity (Wildman–Crippen MR) is 250 cm³/mol. The number of aliphatic hydroxyl groups excluding tert-OH is 1. The van der Waals surface area contributed by atoms with Gasteiger partial charge in [0.1, 0.15) is 31.3 Å². The van der Waals surface area contributed by atoms with Gasteiger partial charge in [0.15, 0.2) is 6.10 Å². The highest BCUT2D eigenvalue weighted by Crippen LogP contribution is 2.38. The zero-order valence-electron chi connectivity index (χ0n) is 39.6. The number of carbonyl (C=O) groups excluding carboxylic acids is 2. The van der Waals surface area contributed by atoms with Crippen LogP contribution in [-0.2, 0) is 45.5 Å². The summed E-state index contributed by atoms with van der Waals surface area (Å²) in [5.41, 5.74) is 2.63. The van der Waals surface area contributed by atoms with Crippen molar-refractivity contribution in [3.05, 3.63) is 83.4 Å². The third kappa shape index (κ3) is 31.7. The van der Waals surface area contributed by atoms with Gasteiger partial charge in [-0.2, -0.15) is 0 Å². The zero-order valence-corrected chi connectivity index (χ0v) is 40.5. The van der Waals surface area contributed by atoms with Crippen LogP contribution in [0, 0.1) is 13.8 Å². The van der Waals surface area contributed by atoms with Gasteiger partial charge in [-0.1, -0.05) is 126 Å². The number of hydrogen-bond acceptors (Lipinski definition) is 10. The van der Waals surface area contributed by atoms with Crippen molar-refractivity contribution >= 4 is 19.8 Å². The van der Waals surface area contributed by atoms with E-state index >= 15 is 0 Å². The number of nitrogens with zero attached hydrogens (tertiary/aromatic N) is 1. The molecule has 1 rings (SSSR count). The number of rotatable bonds is 38. The standard InChI is InChI=1S/C50H84NO10P/c1-8-10-12-13-14-15-16-17-18-19-22-25-29-33-45(52)34-32-38-49(53)57-41-46(42-59-62(55,56)58-40-39-51(5,6)7)60-50(54)37-31-27-24-21-20-23-26-30-36-48-44(4)43(3)47(61-48)35-28-11-9-2/h10,12,14-15,17-18,22,25,29,33,45-46,52H,8-9,11,13,16,19-21,23-24,26-28,30-32,34-42H2,1-7H3/b12-10-,15-14-,18-17-,25-22-,33-29+/t45?,46-/m1/s1. The van der Waals surface area contributed by atoms with Crippen LogP contribution in [-0.4, -0.2) is 81.2 Å². The molecule has 0 aliphatic heterocycles. The topological polar surface area (TPSA) is 145 Å². The maximum Gasteiger partial charge on any atom is 0.306 e. The van der Waals surface area contributed by atoms with Gasteiger partial charge in [0, 0.05) is 25.7 Å². The molecule has 0 radical (unpaired) electrons. The Labute approximate surface area is 375 Å². The summed E-state index contributed by atoms with van der Waals surface area (Å²) < 4.78 is 40.1. The molecule has 62 heavy (non-hydrogen) atoms. The molecule has 0 aromatic carbocycles. The highest BCUT2D eigenvalue weighted by atomic mass is 31.2. The van der Waals surface area contributed by atoms with Gasteiger partial charge in [0.25, 0.3) is 7.82 Å². The first-order valence-corrected chi connectivity index (χ1v) is 24.9. The molecule has 3 atom stereocenters. The second kappa shape index (κ2) is 35.3. The van der Waals surface area contributed by atoms with E-state index in [0.29, 0.717) is 30.3 Å². The number of ether oxygens (including phenoxy) is 2. The fourth-order valence-corrected chi connectivity index (χ4v) is 7.12. The van der Waals surface area contributed by atoms with Crippen molar-refractivity contribution in [1.29, 1.82) is 0 Å². The number of hydrogen-bond donors (Lipinski definition) is 1. The van der Waals surface area contributed by atoms with Crippen LogP contribution in [0.5, 0.6) is 0 Å². The number of allylic oxidation sites excluding steroid dienone is 9. The Bertz CT molecular complexity index is 1540. The van der Waals surface area contributed by atoms with Crippen LogP contribution in [0.15, 0.2) is 65.2 Å². The number of carbonyl (C=O) groups is 2. The highest BCUT2D eigenvalue weighted by Gasteiger charge is 2.22. The van der Waals surface area contributed by atoms with E-state index in [0.717, 1.165) is 95.0 Å². The van der Waals surface area contributed by atoms with Crippen molar-refractivity contribution in [3.63, 3.8) is 0 Å². The van der Waals surface area contributed by atoms with Crippen LogP contribution in [0.4, 0.5) is 0 Å². The summed E-state index contributed by atoms with van der Waals surface area (Å²) in [5, 5.41) is 10.3. The van der Waals surface area contributed by atoms with Crippen LogP contribution in [0.3, 0.4) is 0 Å². The molecule has 0 amide bonds. The molecule has 2 unspecified atom stereocenters. The number of phosphoric acid groups is 1. The van der Waals surface area contributed by atoms with Gasteiger partial charge in [0.05, 0.1) is 33.9 Å².